The number of hydrogen-bond acceptors (Lipinski definition) is 5. The van der Waals surface area contributed by atoms with Crippen molar-refractivity contribution in [3.63, 3.8) is 0 Å². The Balaban J connectivity index is 2.75. The van der Waals surface area contributed by atoms with Gasteiger partial charge in [-0.25, -0.2) is 14.4 Å². The van der Waals surface area contributed by atoms with Crippen LogP contribution in [0.25, 0.3) is 0 Å². The molecule has 0 heterocycles. The summed E-state index contributed by atoms with van der Waals surface area (Å²) >= 11 is 0. The summed E-state index contributed by atoms with van der Waals surface area (Å²) in [5.41, 5.74) is 0.0936. The average molecular weight is 334 g/mol. The van der Waals surface area contributed by atoms with E-state index in [9.17, 15) is 14.4 Å². The van der Waals surface area contributed by atoms with Crippen LogP contribution < -0.4 is 0 Å². The summed E-state index contributed by atoms with van der Waals surface area (Å²) in [6, 6.07) is 5.79. The van der Waals surface area contributed by atoms with Gasteiger partial charge in [-0.3, -0.25) is 0 Å². The van der Waals surface area contributed by atoms with Gasteiger partial charge < -0.3 is 14.6 Å². The first-order chi connectivity index (χ1) is 11.4. The predicted octanol–water partition coefficient (Wildman–Crippen LogP) is 3.22. The largest absolute Gasteiger partial charge is 0.478 e. The van der Waals surface area contributed by atoms with Crippen molar-refractivity contribution in [3.8, 4) is 0 Å². The second kappa shape index (κ2) is 9.50. The molecular formula is C18H22O6. The number of esters is 2. The Morgan fingerprint density at radius 2 is 1.83 bits per heavy atom. The van der Waals surface area contributed by atoms with E-state index in [-0.39, 0.29) is 23.3 Å². The van der Waals surface area contributed by atoms with Crippen molar-refractivity contribution in [1.82, 2.24) is 0 Å². The summed E-state index contributed by atoms with van der Waals surface area (Å²) < 4.78 is 10.4. The highest BCUT2D eigenvalue weighted by molar-refractivity contribution is 6.02. The first-order valence-electron chi connectivity index (χ1n) is 7.72. The third-order valence-electron chi connectivity index (χ3n) is 3.28. The lowest BCUT2D eigenvalue weighted by Crippen LogP contribution is -2.26. The van der Waals surface area contributed by atoms with Crippen molar-refractivity contribution in [2.75, 3.05) is 6.61 Å². The van der Waals surface area contributed by atoms with Crippen LogP contribution in [-0.4, -0.2) is 35.7 Å². The monoisotopic (exact) mass is 334 g/mol. The van der Waals surface area contributed by atoms with Crippen molar-refractivity contribution in [2.45, 2.75) is 39.2 Å². The Morgan fingerprint density at radius 3 is 2.38 bits per heavy atom. The van der Waals surface area contributed by atoms with Gasteiger partial charge in [0.05, 0.1) is 11.1 Å². The third kappa shape index (κ3) is 5.87. The molecule has 0 aliphatic rings. The fourth-order valence-electron chi connectivity index (χ4n) is 1.95. The van der Waals surface area contributed by atoms with E-state index < -0.39 is 24.0 Å². The maximum atomic E-state index is 12.1. The van der Waals surface area contributed by atoms with Gasteiger partial charge in [0.15, 0.2) is 0 Å². The molecule has 1 atom stereocenters. The first-order valence-corrected chi connectivity index (χ1v) is 7.72. The topological polar surface area (TPSA) is 89.9 Å². The minimum absolute atomic E-state index is 0.0366. The maximum absolute atomic E-state index is 12.1. The van der Waals surface area contributed by atoms with Crippen LogP contribution in [0.1, 0.15) is 53.8 Å². The molecule has 0 radical (unpaired) electrons. The molecule has 0 saturated heterocycles. The number of unbranched alkanes of at least 4 members (excludes halogenated alkanes) is 1. The Bertz CT molecular complexity index is 620. The van der Waals surface area contributed by atoms with Crippen LogP contribution in [0.4, 0.5) is 0 Å². The van der Waals surface area contributed by atoms with Gasteiger partial charge in [0.25, 0.3) is 0 Å². The number of carboxylic acid groups (broad SMARTS) is 1. The number of ether oxygens (including phenoxy) is 2. The van der Waals surface area contributed by atoms with E-state index in [1.807, 2.05) is 6.92 Å². The van der Waals surface area contributed by atoms with Crippen molar-refractivity contribution in [1.29, 1.82) is 0 Å². The van der Waals surface area contributed by atoms with Crippen LogP contribution in [-0.2, 0) is 14.3 Å². The Morgan fingerprint density at radius 1 is 1.21 bits per heavy atom. The minimum atomic E-state index is -1.21. The van der Waals surface area contributed by atoms with Crippen LogP contribution in [0, 0.1) is 0 Å². The lowest BCUT2D eigenvalue weighted by molar-refractivity contribution is -0.146. The van der Waals surface area contributed by atoms with E-state index in [2.05, 4.69) is 6.58 Å². The van der Waals surface area contributed by atoms with Gasteiger partial charge in [-0.15, -0.1) is 0 Å². The Kier molecular flexibility index (Phi) is 7.68. The molecule has 24 heavy (non-hydrogen) atoms. The van der Waals surface area contributed by atoms with Gasteiger partial charge in [0.2, 0.25) is 0 Å². The van der Waals surface area contributed by atoms with Crippen LogP contribution in [0.2, 0.25) is 0 Å². The second-order valence-electron chi connectivity index (χ2n) is 5.40. The van der Waals surface area contributed by atoms with E-state index >= 15 is 0 Å². The molecule has 0 aromatic heterocycles. The Labute approximate surface area is 141 Å². The van der Waals surface area contributed by atoms with E-state index in [0.29, 0.717) is 6.42 Å². The maximum Gasteiger partial charge on any atom is 0.339 e. The van der Waals surface area contributed by atoms with E-state index in [1.54, 1.807) is 6.07 Å². The van der Waals surface area contributed by atoms with Crippen LogP contribution in [0.15, 0.2) is 36.4 Å². The van der Waals surface area contributed by atoms with E-state index in [0.717, 1.165) is 12.8 Å². The first kappa shape index (κ1) is 19.4. The molecule has 1 rings (SSSR count). The molecule has 0 bridgehead atoms. The summed E-state index contributed by atoms with van der Waals surface area (Å²) in [7, 11) is 0. The van der Waals surface area contributed by atoms with Gasteiger partial charge in [-0.1, -0.05) is 32.1 Å². The fourth-order valence-corrected chi connectivity index (χ4v) is 1.95. The van der Waals surface area contributed by atoms with Gasteiger partial charge in [0, 0.05) is 5.57 Å². The number of carboxylic acids is 1. The zero-order chi connectivity index (χ0) is 18.1. The van der Waals surface area contributed by atoms with Crippen molar-refractivity contribution in [2.24, 2.45) is 0 Å². The van der Waals surface area contributed by atoms with Crippen molar-refractivity contribution < 1.29 is 29.0 Å². The van der Waals surface area contributed by atoms with Crippen molar-refractivity contribution >= 4 is 17.9 Å². The van der Waals surface area contributed by atoms with Crippen LogP contribution in [0.3, 0.4) is 0 Å². The highest BCUT2D eigenvalue weighted by Crippen LogP contribution is 2.13. The normalized spacial score (nSPS) is 11.4. The summed E-state index contributed by atoms with van der Waals surface area (Å²) in [4.78, 5) is 34.9. The van der Waals surface area contributed by atoms with Gasteiger partial charge >= 0.3 is 17.9 Å². The standard InChI is InChI=1S/C18H22O6/c1-4-5-8-13(24-17(21)12(2)3)11-23-18(22)15-10-7-6-9-14(15)16(19)20/h6-7,9-10,13H,2,4-5,8,11H2,1,3H3,(H,19,20). The number of aromatic carboxylic acids is 1. The van der Waals surface area contributed by atoms with Gasteiger partial charge in [-0.2, -0.15) is 0 Å². The number of benzene rings is 1. The van der Waals surface area contributed by atoms with Crippen LogP contribution in [0.5, 0.6) is 0 Å². The van der Waals surface area contributed by atoms with E-state index in [1.165, 1.54) is 25.1 Å². The molecule has 6 nitrogen and oxygen atoms in total. The highest BCUT2D eigenvalue weighted by atomic mass is 16.6. The minimum Gasteiger partial charge on any atom is -0.478 e. The molecule has 130 valence electrons. The summed E-state index contributed by atoms with van der Waals surface area (Å²) in [6.07, 6.45) is 1.66. The predicted molar refractivity (Wildman–Crippen MR) is 87.9 cm³/mol. The summed E-state index contributed by atoms with van der Waals surface area (Å²) in [5.74, 6) is -2.52. The average Bonchev–Trinajstić information content (AvgIpc) is 2.56. The zero-order valence-corrected chi connectivity index (χ0v) is 13.9. The quantitative estimate of drug-likeness (QED) is 0.551. The summed E-state index contributed by atoms with van der Waals surface area (Å²) in [5, 5.41) is 9.10. The second-order valence-corrected chi connectivity index (χ2v) is 5.40. The molecule has 6 heteroatoms. The molecular weight excluding hydrogens is 312 g/mol. The molecule has 0 spiro atoms. The molecule has 1 unspecified atom stereocenters. The number of carbonyl (C=O) groups is 3. The molecule has 1 aromatic carbocycles. The number of carbonyl (C=O) groups excluding carboxylic acids is 2. The molecule has 0 amide bonds. The lowest BCUT2D eigenvalue weighted by Gasteiger charge is -2.18. The smallest absolute Gasteiger partial charge is 0.339 e. The third-order valence-corrected chi connectivity index (χ3v) is 3.28. The van der Waals surface area contributed by atoms with Crippen molar-refractivity contribution in [3.05, 3.63) is 47.5 Å². The molecule has 0 saturated carbocycles. The number of hydrogen-bond donors (Lipinski definition) is 1. The molecule has 0 fully saturated rings. The number of rotatable bonds is 9. The van der Waals surface area contributed by atoms with Gasteiger partial charge in [-0.05, 0) is 31.9 Å². The zero-order valence-electron chi connectivity index (χ0n) is 13.9. The fraction of sp³-hybridized carbons (Fsp3) is 0.389. The van der Waals surface area contributed by atoms with Crippen LogP contribution >= 0.6 is 0 Å². The lowest BCUT2D eigenvalue weighted by atomic mass is 10.1. The SMILES string of the molecule is C=C(C)C(=O)OC(CCCC)COC(=O)c1ccccc1C(=O)O. The molecule has 0 aliphatic heterocycles. The molecule has 1 aromatic rings. The summed E-state index contributed by atoms with van der Waals surface area (Å²) in [6.45, 7) is 6.91. The Hall–Kier alpha value is -2.63. The molecule has 0 aliphatic carbocycles. The highest BCUT2D eigenvalue weighted by Gasteiger charge is 2.20. The van der Waals surface area contributed by atoms with E-state index in [4.69, 9.17) is 14.6 Å². The van der Waals surface area contributed by atoms with Gasteiger partial charge in [0.1, 0.15) is 12.7 Å². The molecule has 1 N–H and O–H groups in total.